The van der Waals surface area contributed by atoms with Crippen molar-refractivity contribution in [3.05, 3.63) is 65.2 Å². The number of fused-ring (bicyclic) bond motifs is 1. The van der Waals surface area contributed by atoms with Crippen molar-refractivity contribution in [3.63, 3.8) is 0 Å². The van der Waals surface area contributed by atoms with Crippen molar-refractivity contribution in [2.24, 2.45) is 5.41 Å². The molecule has 1 heterocycles. The predicted octanol–water partition coefficient (Wildman–Crippen LogP) is 3.17. The SMILES string of the molecule is Cc1ccccc1C(O)C1(C#N)COc2ccccc2C1. The Hall–Kier alpha value is -2.31. The predicted molar refractivity (Wildman–Crippen MR) is 79.8 cm³/mol. The van der Waals surface area contributed by atoms with Crippen LogP contribution < -0.4 is 4.74 Å². The summed E-state index contributed by atoms with van der Waals surface area (Å²) in [7, 11) is 0. The van der Waals surface area contributed by atoms with Crippen LogP contribution >= 0.6 is 0 Å². The van der Waals surface area contributed by atoms with Crippen LogP contribution in [0.3, 0.4) is 0 Å². The standard InChI is InChI=1S/C18H17NO2/c1-13-6-2-4-8-15(13)17(20)18(11-19)10-14-7-3-5-9-16(14)21-12-18/h2-9,17,20H,10,12H2,1H3. The van der Waals surface area contributed by atoms with E-state index in [9.17, 15) is 10.4 Å². The van der Waals surface area contributed by atoms with Crippen LogP contribution in [-0.2, 0) is 6.42 Å². The molecular weight excluding hydrogens is 262 g/mol. The lowest BCUT2D eigenvalue weighted by molar-refractivity contribution is 0.0168. The quantitative estimate of drug-likeness (QED) is 0.918. The molecule has 0 fully saturated rings. The van der Waals surface area contributed by atoms with E-state index in [2.05, 4.69) is 6.07 Å². The van der Waals surface area contributed by atoms with Crippen LogP contribution in [-0.4, -0.2) is 11.7 Å². The molecule has 0 saturated heterocycles. The summed E-state index contributed by atoms with van der Waals surface area (Å²) in [5.74, 6) is 0.806. The number of ether oxygens (including phenoxy) is 1. The van der Waals surface area contributed by atoms with Crippen LogP contribution in [0.4, 0.5) is 0 Å². The van der Waals surface area contributed by atoms with Gasteiger partial charge in [0.05, 0.1) is 6.07 Å². The largest absolute Gasteiger partial charge is 0.492 e. The second kappa shape index (κ2) is 5.23. The van der Waals surface area contributed by atoms with Gasteiger partial charge in [-0.25, -0.2) is 0 Å². The van der Waals surface area contributed by atoms with Gasteiger partial charge in [-0.1, -0.05) is 42.5 Å². The maximum Gasteiger partial charge on any atom is 0.125 e. The minimum absolute atomic E-state index is 0.204. The van der Waals surface area contributed by atoms with Gasteiger partial charge in [-0.3, -0.25) is 0 Å². The molecule has 3 rings (SSSR count). The summed E-state index contributed by atoms with van der Waals surface area (Å²) in [6.07, 6.45) is -0.369. The van der Waals surface area contributed by atoms with E-state index < -0.39 is 11.5 Å². The van der Waals surface area contributed by atoms with Crippen molar-refractivity contribution < 1.29 is 9.84 Å². The molecule has 2 aromatic carbocycles. The minimum atomic E-state index is -0.944. The fraction of sp³-hybridized carbons (Fsp3) is 0.278. The number of hydrogen-bond acceptors (Lipinski definition) is 3. The molecule has 3 nitrogen and oxygen atoms in total. The molecule has 0 amide bonds. The van der Waals surface area contributed by atoms with Gasteiger partial charge in [-0.2, -0.15) is 5.26 Å². The van der Waals surface area contributed by atoms with Gasteiger partial charge in [0.25, 0.3) is 0 Å². The minimum Gasteiger partial charge on any atom is -0.492 e. The molecule has 2 unspecified atom stereocenters. The first-order chi connectivity index (χ1) is 10.2. The zero-order valence-electron chi connectivity index (χ0n) is 11.9. The lowest BCUT2D eigenvalue weighted by Gasteiger charge is -2.36. The number of hydrogen-bond donors (Lipinski definition) is 1. The monoisotopic (exact) mass is 279 g/mol. The Morgan fingerprint density at radius 3 is 2.67 bits per heavy atom. The van der Waals surface area contributed by atoms with Crippen molar-refractivity contribution >= 4 is 0 Å². The third kappa shape index (κ3) is 2.28. The highest BCUT2D eigenvalue weighted by Crippen LogP contribution is 2.43. The molecule has 106 valence electrons. The van der Waals surface area contributed by atoms with Crippen molar-refractivity contribution in [1.82, 2.24) is 0 Å². The van der Waals surface area contributed by atoms with E-state index in [1.54, 1.807) is 0 Å². The third-order valence-electron chi connectivity index (χ3n) is 4.19. The molecule has 0 aliphatic carbocycles. The molecule has 1 aliphatic rings. The Bertz CT molecular complexity index is 704. The van der Waals surface area contributed by atoms with Crippen LogP contribution in [0.25, 0.3) is 0 Å². The number of para-hydroxylation sites is 1. The zero-order valence-corrected chi connectivity index (χ0v) is 11.9. The highest BCUT2D eigenvalue weighted by Gasteiger charge is 2.44. The summed E-state index contributed by atoms with van der Waals surface area (Å²) >= 11 is 0. The Labute approximate surface area is 124 Å². The van der Waals surface area contributed by atoms with Crippen molar-refractivity contribution in [1.29, 1.82) is 5.26 Å². The third-order valence-corrected chi connectivity index (χ3v) is 4.19. The summed E-state index contributed by atoms with van der Waals surface area (Å²) in [4.78, 5) is 0. The molecule has 2 aromatic rings. The van der Waals surface area contributed by atoms with Gasteiger partial charge in [0.2, 0.25) is 0 Å². The summed E-state index contributed by atoms with van der Waals surface area (Å²) < 4.78 is 5.73. The van der Waals surface area contributed by atoms with Crippen LogP contribution in [0.1, 0.15) is 22.8 Å². The van der Waals surface area contributed by atoms with Crippen LogP contribution in [0.5, 0.6) is 5.75 Å². The molecule has 0 radical (unpaired) electrons. The molecule has 3 heteroatoms. The van der Waals surface area contributed by atoms with Crippen LogP contribution in [0.2, 0.25) is 0 Å². The average molecular weight is 279 g/mol. The molecule has 0 saturated carbocycles. The van der Waals surface area contributed by atoms with E-state index in [1.807, 2.05) is 55.5 Å². The fourth-order valence-corrected chi connectivity index (χ4v) is 2.89. The van der Waals surface area contributed by atoms with E-state index in [4.69, 9.17) is 4.74 Å². The smallest absolute Gasteiger partial charge is 0.125 e. The highest BCUT2D eigenvalue weighted by atomic mass is 16.5. The maximum atomic E-state index is 10.8. The number of nitriles is 1. The first kappa shape index (κ1) is 13.7. The van der Waals surface area contributed by atoms with E-state index in [-0.39, 0.29) is 6.61 Å². The normalized spacial score (nSPS) is 21.8. The first-order valence-corrected chi connectivity index (χ1v) is 7.02. The second-order valence-electron chi connectivity index (χ2n) is 5.60. The van der Waals surface area contributed by atoms with Gasteiger partial charge in [0.15, 0.2) is 0 Å². The summed E-state index contributed by atoms with van der Waals surface area (Å²) in [6.45, 7) is 2.15. The molecule has 1 N–H and O–H groups in total. The Balaban J connectivity index is 2.00. The summed E-state index contributed by atoms with van der Waals surface area (Å²) in [5, 5.41) is 20.5. The Morgan fingerprint density at radius 1 is 1.19 bits per heavy atom. The molecule has 0 spiro atoms. The summed E-state index contributed by atoms with van der Waals surface area (Å²) in [5.41, 5.74) is 1.80. The molecule has 0 aromatic heterocycles. The van der Waals surface area contributed by atoms with Gasteiger partial charge in [0.1, 0.15) is 23.9 Å². The Morgan fingerprint density at radius 2 is 1.90 bits per heavy atom. The number of rotatable bonds is 2. The van der Waals surface area contributed by atoms with E-state index in [1.165, 1.54) is 0 Å². The highest BCUT2D eigenvalue weighted by molar-refractivity contribution is 5.40. The number of nitrogens with zero attached hydrogens (tertiary/aromatic N) is 1. The van der Waals surface area contributed by atoms with E-state index in [0.29, 0.717) is 6.42 Å². The van der Waals surface area contributed by atoms with Gasteiger partial charge in [0, 0.05) is 6.42 Å². The molecule has 2 atom stereocenters. The number of aryl methyl sites for hydroxylation is 1. The topological polar surface area (TPSA) is 53.2 Å². The van der Waals surface area contributed by atoms with E-state index in [0.717, 1.165) is 22.4 Å². The van der Waals surface area contributed by atoms with Crippen molar-refractivity contribution in [2.45, 2.75) is 19.4 Å². The van der Waals surface area contributed by atoms with Gasteiger partial charge >= 0.3 is 0 Å². The first-order valence-electron chi connectivity index (χ1n) is 7.02. The number of aliphatic hydroxyl groups is 1. The molecule has 21 heavy (non-hydrogen) atoms. The molecule has 0 bridgehead atoms. The van der Waals surface area contributed by atoms with Crippen LogP contribution in [0.15, 0.2) is 48.5 Å². The number of aliphatic hydroxyl groups excluding tert-OH is 1. The maximum absolute atomic E-state index is 10.8. The fourth-order valence-electron chi connectivity index (χ4n) is 2.89. The van der Waals surface area contributed by atoms with Crippen molar-refractivity contribution in [2.75, 3.05) is 6.61 Å². The van der Waals surface area contributed by atoms with E-state index >= 15 is 0 Å². The van der Waals surface area contributed by atoms with Gasteiger partial charge in [-0.15, -0.1) is 0 Å². The zero-order chi connectivity index (χ0) is 14.9. The average Bonchev–Trinajstić information content (AvgIpc) is 2.54. The summed E-state index contributed by atoms with van der Waals surface area (Å²) in [6, 6.07) is 17.6. The van der Waals surface area contributed by atoms with Gasteiger partial charge < -0.3 is 9.84 Å². The lowest BCUT2D eigenvalue weighted by Crippen LogP contribution is -2.39. The molecule has 1 aliphatic heterocycles. The van der Waals surface area contributed by atoms with Crippen LogP contribution in [0, 0.1) is 23.7 Å². The molecular formula is C18H17NO2. The Kier molecular flexibility index (Phi) is 3.40. The lowest BCUT2D eigenvalue weighted by atomic mass is 9.74. The number of benzene rings is 2. The van der Waals surface area contributed by atoms with Crippen molar-refractivity contribution in [3.8, 4) is 11.8 Å². The van der Waals surface area contributed by atoms with Gasteiger partial charge in [-0.05, 0) is 29.7 Å². The second-order valence-corrected chi connectivity index (χ2v) is 5.60.